The third-order valence-corrected chi connectivity index (χ3v) is 3.60. The van der Waals surface area contributed by atoms with Gasteiger partial charge in [0, 0.05) is 19.4 Å². The average molecular weight is 289 g/mol. The van der Waals surface area contributed by atoms with Gasteiger partial charge in [-0.25, -0.2) is 5.43 Å². The van der Waals surface area contributed by atoms with Gasteiger partial charge in [-0.2, -0.15) is 5.10 Å². The van der Waals surface area contributed by atoms with Gasteiger partial charge < -0.3 is 5.73 Å². The Bertz CT molecular complexity index is 472. The van der Waals surface area contributed by atoms with Crippen LogP contribution in [0.1, 0.15) is 52.4 Å². The molecule has 0 bridgehead atoms. The Morgan fingerprint density at radius 2 is 2.10 bits per heavy atom. The van der Waals surface area contributed by atoms with Crippen molar-refractivity contribution in [3.63, 3.8) is 0 Å². The maximum absolute atomic E-state index is 11.6. The smallest absolute Gasteiger partial charge is 0.240 e. The van der Waals surface area contributed by atoms with E-state index in [1.54, 1.807) is 0 Å². The molecule has 1 rings (SSSR count). The van der Waals surface area contributed by atoms with Crippen molar-refractivity contribution in [2.45, 2.75) is 52.4 Å². The lowest BCUT2D eigenvalue weighted by molar-refractivity contribution is -0.121. The minimum absolute atomic E-state index is 0.0158. The first-order valence-electron chi connectivity index (χ1n) is 7.62. The summed E-state index contributed by atoms with van der Waals surface area (Å²) in [6.45, 7) is 8.68. The van der Waals surface area contributed by atoms with E-state index in [2.05, 4.69) is 29.3 Å². The first kappa shape index (κ1) is 17.4. The fourth-order valence-electron chi connectivity index (χ4n) is 2.18. The number of nitrogens with one attached hydrogen (secondary N) is 1. The summed E-state index contributed by atoms with van der Waals surface area (Å²) in [6.07, 6.45) is 9.33. The molecule has 0 aromatic rings. The van der Waals surface area contributed by atoms with Gasteiger partial charge in [-0.3, -0.25) is 4.79 Å². The molecule has 0 fully saturated rings. The van der Waals surface area contributed by atoms with E-state index in [1.807, 2.05) is 13.8 Å². The summed E-state index contributed by atoms with van der Waals surface area (Å²) in [5.41, 5.74) is 12.4. The van der Waals surface area contributed by atoms with Crippen molar-refractivity contribution in [2.24, 2.45) is 10.8 Å². The number of rotatable bonds is 4. The minimum Gasteiger partial charge on any atom is -0.327 e. The van der Waals surface area contributed by atoms with Crippen molar-refractivity contribution in [1.29, 1.82) is 0 Å². The second-order valence-electron chi connectivity index (χ2n) is 5.49. The summed E-state index contributed by atoms with van der Waals surface area (Å²) in [5, 5.41) is 4.28. The van der Waals surface area contributed by atoms with Gasteiger partial charge in [0.25, 0.3) is 0 Å². The Kier molecular flexibility index (Phi) is 7.69. The molecular weight excluding hydrogens is 262 g/mol. The van der Waals surface area contributed by atoms with E-state index in [1.165, 1.54) is 0 Å². The molecule has 0 saturated heterocycles. The zero-order valence-electron chi connectivity index (χ0n) is 13.2. The molecule has 0 atom stereocenters. The Hall–Kier alpha value is -1.68. The summed E-state index contributed by atoms with van der Waals surface area (Å²) >= 11 is 0. The number of hydrogen-bond acceptors (Lipinski definition) is 3. The van der Waals surface area contributed by atoms with Gasteiger partial charge in [-0.15, -0.1) is 0 Å². The van der Waals surface area contributed by atoms with E-state index >= 15 is 0 Å². The molecule has 0 aliphatic carbocycles. The van der Waals surface area contributed by atoms with Gasteiger partial charge in [-0.1, -0.05) is 30.7 Å². The van der Waals surface area contributed by atoms with Gasteiger partial charge in [0.2, 0.25) is 5.91 Å². The lowest BCUT2D eigenvalue weighted by atomic mass is 9.97. The molecule has 0 saturated carbocycles. The van der Waals surface area contributed by atoms with E-state index < -0.39 is 0 Å². The number of hydrazone groups is 1. The van der Waals surface area contributed by atoms with Crippen LogP contribution in [0.25, 0.3) is 0 Å². The summed E-state index contributed by atoms with van der Waals surface area (Å²) in [5.74, 6) is -0.0158. The van der Waals surface area contributed by atoms with Crippen molar-refractivity contribution < 1.29 is 4.79 Å². The topological polar surface area (TPSA) is 67.5 Å². The molecule has 0 radical (unpaired) electrons. The van der Waals surface area contributed by atoms with Crippen LogP contribution in [0.5, 0.6) is 0 Å². The standard InChI is InChI=1S/C17H27N3O/c1-4-15(10-13(2)12-18)11-16-14(3)8-6-5-7-9-17(21)20-19-16/h4,10H,3,5-9,11-12,18H2,1-2H3,(H,20,21)/b13-10+,15-4+,19-16?. The van der Waals surface area contributed by atoms with Crippen LogP contribution in [0, 0.1) is 0 Å². The SMILES string of the molecule is C=C1CCCCCC(=O)NN=C1CC(=C/C)/C=C(\C)CN. The van der Waals surface area contributed by atoms with Crippen LogP contribution in [0.15, 0.2) is 40.6 Å². The zero-order valence-corrected chi connectivity index (χ0v) is 13.2. The lowest BCUT2D eigenvalue weighted by Gasteiger charge is -2.13. The fraction of sp³-hybridized carbons (Fsp3) is 0.529. The molecule has 1 aliphatic heterocycles. The summed E-state index contributed by atoms with van der Waals surface area (Å²) in [6, 6.07) is 0. The predicted molar refractivity (Wildman–Crippen MR) is 89.0 cm³/mol. The maximum Gasteiger partial charge on any atom is 0.240 e. The maximum atomic E-state index is 11.6. The summed E-state index contributed by atoms with van der Waals surface area (Å²) in [4.78, 5) is 11.6. The van der Waals surface area contributed by atoms with Crippen molar-refractivity contribution in [2.75, 3.05) is 6.54 Å². The Balaban J connectivity index is 2.87. The molecule has 4 heteroatoms. The molecule has 3 N–H and O–H groups in total. The van der Waals surface area contributed by atoms with Gasteiger partial charge in [-0.05, 0) is 44.3 Å². The molecule has 1 heterocycles. The van der Waals surface area contributed by atoms with Crippen molar-refractivity contribution in [3.05, 3.63) is 35.5 Å². The second-order valence-corrected chi connectivity index (χ2v) is 5.49. The predicted octanol–water partition coefficient (Wildman–Crippen LogP) is 3.22. The van der Waals surface area contributed by atoms with Crippen LogP contribution in [0.4, 0.5) is 0 Å². The number of nitrogens with zero attached hydrogens (tertiary/aromatic N) is 1. The highest BCUT2D eigenvalue weighted by molar-refractivity contribution is 6.01. The Morgan fingerprint density at radius 1 is 1.38 bits per heavy atom. The highest BCUT2D eigenvalue weighted by Gasteiger charge is 2.11. The van der Waals surface area contributed by atoms with Crippen LogP contribution in [0.2, 0.25) is 0 Å². The molecule has 1 aliphatic rings. The van der Waals surface area contributed by atoms with Crippen LogP contribution < -0.4 is 11.2 Å². The monoisotopic (exact) mass is 289 g/mol. The highest BCUT2D eigenvalue weighted by Crippen LogP contribution is 2.17. The molecule has 0 aromatic heterocycles. The van der Waals surface area contributed by atoms with Crippen LogP contribution in [-0.4, -0.2) is 18.2 Å². The molecule has 116 valence electrons. The fourth-order valence-corrected chi connectivity index (χ4v) is 2.18. The van der Waals surface area contributed by atoms with E-state index in [0.717, 1.165) is 48.1 Å². The first-order chi connectivity index (χ1) is 10.1. The van der Waals surface area contributed by atoms with Crippen molar-refractivity contribution in [1.82, 2.24) is 5.43 Å². The second kappa shape index (κ2) is 9.29. The third kappa shape index (κ3) is 6.54. The number of allylic oxidation sites excluding steroid dienone is 4. The number of amides is 1. The van der Waals surface area contributed by atoms with Gasteiger partial charge in [0.15, 0.2) is 0 Å². The van der Waals surface area contributed by atoms with E-state index in [9.17, 15) is 4.79 Å². The van der Waals surface area contributed by atoms with Gasteiger partial charge >= 0.3 is 0 Å². The van der Waals surface area contributed by atoms with E-state index in [0.29, 0.717) is 19.4 Å². The van der Waals surface area contributed by atoms with E-state index in [4.69, 9.17) is 5.73 Å². The molecule has 4 nitrogen and oxygen atoms in total. The molecule has 0 aromatic carbocycles. The van der Waals surface area contributed by atoms with Gasteiger partial charge in [0.1, 0.15) is 0 Å². The molecular formula is C17H27N3O. The Labute approximate surface area is 127 Å². The lowest BCUT2D eigenvalue weighted by Crippen LogP contribution is -2.21. The van der Waals surface area contributed by atoms with E-state index in [-0.39, 0.29) is 5.91 Å². The zero-order chi connectivity index (χ0) is 15.7. The van der Waals surface area contributed by atoms with Crippen molar-refractivity contribution >= 4 is 11.6 Å². The van der Waals surface area contributed by atoms with Crippen LogP contribution in [0.3, 0.4) is 0 Å². The molecule has 21 heavy (non-hydrogen) atoms. The van der Waals surface area contributed by atoms with Crippen molar-refractivity contribution in [3.8, 4) is 0 Å². The summed E-state index contributed by atoms with van der Waals surface area (Å²) in [7, 11) is 0. The number of hydrogen-bond donors (Lipinski definition) is 2. The summed E-state index contributed by atoms with van der Waals surface area (Å²) < 4.78 is 0. The minimum atomic E-state index is -0.0158. The first-order valence-corrected chi connectivity index (χ1v) is 7.62. The highest BCUT2D eigenvalue weighted by atomic mass is 16.2. The van der Waals surface area contributed by atoms with Crippen LogP contribution in [-0.2, 0) is 4.79 Å². The quantitative estimate of drug-likeness (QED) is 0.780. The van der Waals surface area contributed by atoms with Crippen LogP contribution >= 0.6 is 0 Å². The normalized spacial score (nSPS) is 19.1. The molecule has 1 amide bonds. The van der Waals surface area contributed by atoms with Gasteiger partial charge in [0.05, 0.1) is 5.71 Å². The largest absolute Gasteiger partial charge is 0.327 e. The Morgan fingerprint density at radius 3 is 2.76 bits per heavy atom. The third-order valence-electron chi connectivity index (χ3n) is 3.60. The number of nitrogens with two attached hydrogens (primary N) is 1. The number of carbonyl (C=O) groups is 1. The average Bonchev–Trinajstić information content (AvgIpc) is 2.48. The number of carbonyl (C=O) groups excluding carboxylic acids is 1. The molecule has 0 unspecified atom stereocenters. The molecule has 0 spiro atoms.